The lowest BCUT2D eigenvalue weighted by Gasteiger charge is -2.29. The zero-order chi connectivity index (χ0) is 25.7. The number of amidine groups is 1. The van der Waals surface area contributed by atoms with E-state index in [1.165, 1.54) is 4.57 Å². The molecule has 0 spiro atoms. The molecule has 35 heavy (non-hydrogen) atoms. The predicted octanol–water partition coefficient (Wildman–Crippen LogP) is 4.66. The molecule has 0 saturated carbocycles. The lowest BCUT2D eigenvalue weighted by Crippen LogP contribution is -2.58. The van der Waals surface area contributed by atoms with Gasteiger partial charge in [-0.05, 0) is 49.8 Å². The Kier molecular flexibility index (Phi) is 6.31. The Balaban J connectivity index is 1.95. The molecule has 3 aromatic rings. The molecule has 4 rings (SSSR count). The molecule has 2 aromatic heterocycles. The van der Waals surface area contributed by atoms with E-state index in [0.29, 0.717) is 12.4 Å². The first-order chi connectivity index (χ1) is 16.3. The van der Waals surface area contributed by atoms with Crippen molar-refractivity contribution >= 4 is 50.1 Å². The number of likely N-dealkylation sites (N-methyl/N-ethyl adjacent to an activating group) is 1. The number of fused-ring (bicyclic) bond motifs is 2. The number of hydrogen-bond donors (Lipinski definition) is 1. The Morgan fingerprint density at radius 3 is 2.60 bits per heavy atom. The average molecular weight is 543 g/mol. The number of nitrogens with one attached hydrogen (secondary N) is 1. The van der Waals surface area contributed by atoms with Crippen molar-refractivity contribution in [1.29, 1.82) is 0 Å². The number of aliphatic imine (C=N–C) groups is 1. The predicted molar refractivity (Wildman–Crippen MR) is 140 cm³/mol. The molecule has 1 atom stereocenters. The second-order valence-corrected chi connectivity index (χ2v) is 11.2. The van der Waals surface area contributed by atoms with Crippen LogP contribution in [-0.2, 0) is 17.7 Å². The summed E-state index contributed by atoms with van der Waals surface area (Å²) in [4.78, 5) is 51.0. The topological polar surface area (TPSA) is 106 Å². The number of carbonyl (C=O) groups excluding carboxylic acids is 1. The van der Waals surface area contributed by atoms with Crippen LogP contribution in [0.3, 0.4) is 0 Å². The molecule has 9 nitrogen and oxygen atoms in total. The molecular weight excluding hydrogens is 514 g/mol. The number of quaternary nitrogens is 1. The van der Waals surface area contributed by atoms with Gasteiger partial charge >= 0.3 is 17.3 Å². The summed E-state index contributed by atoms with van der Waals surface area (Å²) in [5.74, 6) is 0.671. The van der Waals surface area contributed by atoms with Crippen LogP contribution < -0.4 is 15.7 Å². The fourth-order valence-corrected chi connectivity index (χ4v) is 4.57. The van der Waals surface area contributed by atoms with Crippen molar-refractivity contribution in [2.24, 2.45) is 10.9 Å². The minimum absolute atomic E-state index is 0.0730. The monoisotopic (exact) mass is 542 g/mol. The van der Waals surface area contributed by atoms with Gasteiger partial charge in [0.2, 0.25) is 11.7 Å². The molecule has 0 fully saturated rings. The number of nitrogens with zero attached hydrogens (tertiary/aromatic N) is 4. The third-order valence-corrected chi connectivity index (χ3v) is 6.30. The Morgan fingerprint density at radius 2 is 1.94 bits per heavy atom. The van der Waals surface area contributed by atoms with Crippen molar-refractivity contribution in [3.05, 3.63) is 61.5 Å². The number of H-pyrrole nitrogens is 1. The van der Waals surface area contributed by atoms with Gasteiger partial charge in [-0.25, -0.2) is 4.79 Å². The fraction of sp³-hybridized carbons (Fsp3) is 0.400. The van der Waals surface area contributed by atoms with E-state index >= 15 is 0 Å². The molecule has 1 amide bonds. The minimum Gasteiger partial charge on any atom is -0.414 e. The molecule has 1 aliphatic heterocycles. The third-order valence-electron chi connectivity index (χ3n) is 5.81. The van der Waals surface area contributed by atoms with Gasteiger partial charge in [-0.15, -0.1) is 4.48 Å². The molecule has 0 aliphatic carbocycles. The summed E-state index contributed by atoms with van der Waals surface area (Å²) in [6, 6.07) is 5.87. The summed E-state index contributed by atoms with van der Waals surface area (Å²) < 4.78 is 7.49. The van der Waals surface area contributed by atoms with Gasteiger partial charge in [-0.2, -0.15) is 9.79 Å². The van der Waals surface area contributed by atoms with Gasteiger partial charge < -0.3 is 4.74 Å². The standard InChI is InChI=1S/C25H28BrN5O4/c1-14(2)13-30-21-20(22(32)29-23(30)33)31(6,24(34)35-25(3,4)5)19(28-21)9-16-12-27-11-15-7-8-17(26)10-18(15)16/h7-8,10-12,14H,9,13H2,1-6H3/p+1. The minimum atomic E-state index is -0.794. The number of ether oxygens (including phenoxy) is 1. The molecule has 1 N–H and O–H groups in total. The first-order valence-corrected chi connectivity index (χ1v) is 12.2. The van der Waals surface area contributed by atoms with Gasteiger partial charge in [0.15, 0.2) is 0 Å². The lowest BCUT2D eigenvalue weighted by molar-refractivity contribution is 0.0408. The second-order valence-electron chi connectivity index (χ2n) is 10.3. The van der Waals surface area contributed by atoms with Crippen LogP contribution in [0.25, 0.3) is 10.8 Å². The third kappa shape index (κ3) is 4.60. The molecule has 0 bridgehead atoms. The first kappa shape index (κ1) is 25.0. The van der Waals surface area contributed by atoms with Gasteiger partial charge in [0.25, 0.3) is 5.69 Å². The van der Waals surface area contributed by atoms with E-state index in [-0.39, 0.29) is 23.8 Å². The van der Waals surface area contributed by atoms with Crippen molar-refractivity contribution in [2.45, 2.75) is 53.2 Å². The van der Waals surface area contributed by atoms with Crippen LogP contribution in [0.4, 0.5) is 16.3 Å². The second kappa shape index (κ2) is 8.83. The zero-order valence-corrected chi connectivity index (χ0v) is 22.3. The van der Waals surface area contributed by atoms with Crippen LogP contribution in [-0.4, -0.2) is 39.1 Å². The lowest BCUT2D eigenvalue weighted by atomic mass is 10.0. The molecule has 1 aromatic carbocycles. The van der Waals surface area contributed by atoms with Crippen LogP contribution in [0, 0.1) is 5.92 Å². The number of halogens is 1. The highest BCUT2D eigenvalue weighted by Crippen LogP contribution is 2.39. The zero-order valence-electron chi connectivity index (χ0n) is 20.7. The number of benzene rings is 1. The Morgan fingerprint density at radius 1 is 1.23 bits per heavy atom. The van der Waals surface area contributed by atoms with E-state index in [1.807, 2.05) is 32.0 Å². The van der Waals surface area contributed by atoms with Crippen LogP contribution >= 0.6 is 15.9 Å². The number of hydrogen-bond acceptors (Lipinski definition) is 6. The quantitative estimate of drug-likeness (QED) is 0.482. The van der Waals surface area contributed by atoms with E-state index < -0.39 is 27.4 Å². The number of carbonyl (C=O) groups is 1. The smallest absolute Gasteiger partial charge is 0.414 e. The van der Waals surface area contributed by atoms with Crippen LogP contribution in [0.5, 0.6) is 0 Å². The van der Waals surface area contributed by atoms with Crippen LogP contribution in [0.2, 0.25) is 0 Å². The van der Waals surface area contributed by atoms with Crippen molar-refractivity contribution in [3.63, 3.8) is 0 Å². The molecule has 0 saturated heterocycles. The molecule has 3 heterocycles. The molecule has 10 heteroatoms. The largest absolute Gasteiger partial charge is 0.528 e. The number of amides is 1. The Bertz CT molecular complexity index is 1480. The maximum absolute atomic E-state index is 13.6. The summed E-state index contributed by atoms with van der Waals surface area (Å²) >= 11 is 3.52. The Hall–Kier alpha value is -3.11. The molecule has 0 radical (unpaired) electrons. The average Bonchev–Trinajstić information content (AvgIpc) is 3.04. The van der Waals surface area contributed by atoms with Crippen molar-refractivity contribution in [3.8, 4) is 0 Å². The number of aromatic amines is 1. The summed E-state index contributed by atoms with van der Waals surface area (Å²) in [7, 11) is 1.59. The highest BCUT2D eigenvalue weighted by atomic mass is 79.9. The molecule has 1 aliphatic rings. The number of aromatic nitrogens is 3. The van der Waals surface area contributed by atoms with Crippen LogP contribution in [0.1, 0.15) is 40.2 Å². The Labute approximate surface area is 211 Å². The summed E-state index contributed by atoms with van der Waals surface area (Å²) in [5.41, 5.74) is -1.10. The summed E-state index contributed by atoms with van der Waals surface area (Å²) in [6.45, 7) is 9.56. The summed E-state index contributed by atoms with van der Waals surface area (Å²) in [6.07, 6.45) is 3.07. The van der Waals surface area contributed by atoms with E-state index in [2.05, 4.69) is 25.9 Å². The SMILES string of the molecule is CC(C)Cn1c2c(c(=O)[nH]c1=O)[N+](C)(C(=O)OC(C)(C)C)C(Cc1cncc3ccc(Br)cc13)=N2. The van der Waals surface area contributed by atoms with Gasteiger partial charge in [0.05, 0.1) is 13.5 Å². The maximum Gasteiger partial charge on any atom is 0.528 e. The van der Waals surface area contributed by atoms with Gasteiger partial charge in [-0.1, -0.05) is 35.8 Å². The number of pyridine rings is 1. The summed E-state index contributed by atoms with van der Waals surface area (Å²) in [5, 5.41) is 1.88. The van der Waals surface area contributed by atoms with Crippen molar-refractivity contribution < 1.29 is 9.53 Å². The molecule has 184 valence electrons. The van der Waals surface area contributed by atoms with Gasteiger partial charge in [0, 0.05) is 28.8 Å². The van der Waals surface area contributed by atoms with E-state index in [9.17, 15) is 14.4 Å². The first-order valence-electron chi connectivity index (χ1n) is 11.4. The van der Waals surface area contributed by atoms with E-state index in [1.54, 1.807) is 40.2 Å². The normalized spacial score (nSPS) is 17.5. The van der Waals surface area contributed by atoms with Crippen molar-refractivity contribution in [1.82, 2.24) is 19.0 Å². The van der Waals surface area contributed by atoms with Crippen molar-refractivity contribution in [2.75, 3.05) is 7.05 Å². The fourth-order valence-electron chi connectivity index (χ4n) is 4.21. The van der Waals surface area contributed by atoms with E-state index in [0.717, 1.165) is 20.8 Å². The van der Waals surface area contributed by atoms with Gasteiger partial charge in [-0.3, -0.25) is 19.3 Å². The van der Waals surface area contributed by atoms with E-state index in [4.69, 9.17) is 9.73 Å². The number of rotatable bonds is 4. The highest BCUT2D eigenvalue weighted by Gasteiger charge is 2.53. The molecular formula is C25H29BrN5O4+. The highest BCUT2D eigenvalue weighted by molar-refractivity contribution is 9.10. The maximum atomic E-state index is 13.6. The molecule has 1 unspecified atom stereocenters. The van der Waals surface area contributed by atoms with Crippen LogP contribution in [0.15, 0.2) is 49.6 Å². The van der Waals surface area contributed by atoms with Gasteiger partial charge in [0.1, 0.15) is 5.60 Å².